The zero-order valence-corrected chi connectivity index (χ0v) is 18.4. The minimum absolute atomic E-state index is 0.125. The van der Waals surface area contributed by atoms with E-state index in [0.29, 0.717) is 5.69 Å². The third-order valence-corrected chi connectivity index (χ3v) is 5.73. The van der Waals surface area contributed by atoms with E-state index in [1.54, 1.807) is 6.92 Å². The summed E-state index contributed by atoms with van der Waals surface area (Å²) in [5.74, 6) is -0.00671. The number of halogens is 1. The van der Waals surface area contributed by atoms with Crippen LogP contribution in [0.1, 0.15) is 57.6 Å². The molecule has 156 valence electrons. The number of para-hydroxylation sites is 1. The summed E-state index contributed by atoms with van der Waals surface area (Å²) in [7, 11) is 0. The minimum atomic E-state index is -0.394. The summed E-state index contributed by atoms with van der Waals surface area (Å²) in [5.41, 5.74) is 3.62. The molecule has 0 aromatic heterocycles. The van der Waals surface area contributed by atoms with Crippen molar-refractivity contribution >= 4 is 35.0 Å². The average Bonchev–Trinajstić information content (AvgIpc) is 2.67. The van der Waals surface area contributed by atoms with Gasteiger partial charge in [0.15, 0.2) is 0 Å². The maximum Gasteiger partial charge on any atom is 0.237 e. The Morgan fingerprint density at radius 2 is 1.45 bits per heavy atom. The number of thioether (sulfide) groups is 1. The molecule has 2 rings (SSSR count). The summed E-state index contributed by atoms with van der Waals surface area (Å²) in [6.07, 6.45) is 0. The van der Waals surface area contributed by atoms with Gasteiger partial charge in [0.25, 0.3) is 0 Å². The van der Waals surface area contributed by atoms with Crippen LogP contribution in [0.4, 0.5) is 15.8 Å². The van der Waals surface area contributed by atoms with E-state index in [0.717, 1.165) is 16.8 Å². The summed E-state index contributed by atoms with van der Waals surface area (Å²) < 4.78 is 12.9. The molecule has 0 aliphatic rings. The van der Waals surface area contributed by atoms with Gasteiger partial charge in [0.1, 0.15) is 5.82 Å². The van der Waals surface area contributed by atoms with Gasteiger partial charge >= 0.3 is 0 Å². The van der Waals surface area contributed by atoms with Crippen molar-refractivity contribution in [1.29, 1.82) is 0 Å². The molecular formula is C23H29FN2O2S. The Morgan fingerprint density at radius 3 is 1.97 bits per heavy atom. The largest absolute Gasteiger partial charge is 0.325 e. The number of rotatable bonds is 8. The Labute approximate surface area is 176 Å². The molecule has 0 aliphatic carbocycles. The Balaban J connectivity index is 1.98. The van der Waals surface area contributed by atoms with Crippen LogP contribution >= 0.6 is 11.8 Å². The Kier molecular flexibility index (Phi) is 8.26. The average molecular weight is 417 g/mol. The summed E-state index contributed by atoms with van der Waals surface area (Å²) >= 11 is 1.26. The maximum absolute atomic E-state index is 12.9. The highest BCUT2D eigenvalue weighted by Crippen LogP contribution is 2.32. The highest BCUT2D eigenvalue weighted by molar-refractivity contribution is 8.01. The number of anilines is 2. The fourth-order valence-electron chi connectivity index (χ4n) is 2.93. The molecular weight excluding hydrogens is 387 g/mol. The molecule has 4 nitrogen and oxygen atoms in total. The third-order valence-electron chi connectivity index (χ3n) is 4.58. The van der Waals surface area contributed by atoms with Crippen LogP contribution in [-0.2, 0) is 9.59 Å². The number of amides is 2. The number of benzene rings is 2. The Morgan fingerprint density at radius 1 is 0.897 bits per heavy atom. The Bertz CT molecular complexity index is 824. The fraction of sp³-hybridized carbons (Fsp3) is 0.391. The van der Waals surface area contributed by atoms with Crippen LogP contribution in [-0.4, -0.2) is 22.8 Å². The van der Waals surface area contributed by atoms with Crippen LogP contribution in [0.5, 0.6) is 0 Å². The van der Waals surface area contributed by atoms with E-state index in [9.17, 15) is 14.0 Å². The lowest BCUT2D eigenvalue weighted by Gasteiger charge is -2.21. The van der Waals surface area contributed by atoms with Gasteiger partial charge in [-0.3, -0.25) is 9.59 Å². The van der Waals surface area contributed by atoms with Gasteiger partial charge < -0.3 is 10.6 Å². The normalized spacial score (nSPS) is 12.1. The first-order valence-electron chi connectivity index (χ1n) is 9.79. The van der Waals surface area contributed by atoms with Gasteiger partial charge in [0, 0.05) is 11.4 Å². The molecule has 2 aromatic carbocycles. The van der Waals surface area contributed by atoms with E-state index in [1.807, 2.05) is 18.2 Å². The first kappa shape index (κ1) is 22.9. The lowest BCUT2D eigenvalue weighted by atomic mass is 9.92. The molecule has 2 aromatic rings. The smallest absolute Gasteiger partial charge is 0.237 e. The highest BCUT2D eigenvalue weighted by atomic mass is 32.2. The molecule has 1 atom stereocenters. The summed E-state index contributed by atoms with van der Waals surface area (Å²) in [4.78, 5) is 24.9. The van der Waals surface area contributed by atoms with Gasteiger partial charge in [0.05, 0.1) is 11.0 Å². The lowest BCUT2D eigenvalue weighted by Crippen LogP contribution is -2.26. The second-order valence-electron chi connectivity index (χ2n) is 7.62. The standard InChI is InChI=1S/C23H29FN2O2S/c1-14(2)19-7-6-8-20(15(3)4)22(19)26-23(28)16(5)29-13-21(27)25-18-11-9-17(24)10-12-18/h6-12,14-16H,13H2,1-5H3,(H,25,27)(H,26,28)/t16-/m1/s1. The Hall–Kier alpha value is -2.34. The molecule has 0 saturated heterocycles. The number of carbonyl (C=O) groups excluding carboxylic acids is 2. The van der Waals surface area contributed by atoms with E-state index in [1.165, 1.54) is 36.0 Å². The molecule has 0 radical (unpaired) electrons. The van der Waals surface area contributed by atoms with Crippen molar-refractivity contribution in [2.24, 2.45) is 0 Å². The summed E-state index contributed by atoms with van der Waals surface area (Å²) in [6.45, 7) is 10.2. The summed E-state index contributed by atoms with van der Waals surface area (Å²) in [6, 6.07) is 11.7. The molecule has 6 heteroatoms. The number of nitrogens with one attached hydrogen (secondary N) is 2. The first-order chi connectivity index (χ1) is 13.7. The van der Waals surface area contributed by atoms with Gasteiger partial charge in [-0.25, -0.2) is 4.39 Å². The van der Waals surface area contributed by atoms with Gasteiger partial charge in [-0.1, -0.05) is 45.9 Å². The predicted octanol–water partition coefficient (Wildman–Crippen LogP) is 5.77. The van der Waals surface area contributed by atoms with E-state index in [-0.39, 0.29) is 35.2 Å². The maximum atomic E-state index is 12.9. The van der Waals surface area contributed by atoms with Crippen molar-refractivity contribution in [1.82, 2.24) is 0 Å². The first-order valence-corrected chi connectivity index (χ1v) is 10.8. The monoisotopic (exact) mass is 416 g/mol. The molecule has 29 heavy (non-hydrogen) atoms. The van der Waals surface area contributed by atoms with E-state index in [4.69, 9.17) is 0 Å². The number of carbonyl (C=O) groups is 2. The second-order valence-corrected chi connectivity index (χ2v) is 8.95. The van der Waals surface area contributed by atoms with Crippen molar-refractivity contribution in [3.63, 3.8) is 0 Å². The highest BCUT2D eigenvalue weighted by Gasteiger charge is 2.20. The quantitative estimate of drug-likeness (QED) is 0.574. The van der Waals surface area contributed by atoms with Crippen LogP contribution in [0.25, 0.3) is 0 Å². The molecule has 0 bridgehead atoms. The third kappa shape index (κ3) is 6.60. The molecule has 0 aliphatic heterocycles. The van der Waals surface area contributed by atoms with Crippen LogP contribution in [0, 0.1) is 5.82 Å². The van der Waals surface area contributed by atoms with Gasteiger partial charge in [-0.05, 0) is 54.2 Å². The van der Waals surface area contributed by atoms with Gasteiger partial charge in [-0.2, -0.15) is 0 Å². The second kappa shape index (κ2) is 10.4. The SMILES string of the molecule is CC(C)c1cccc(C(C)C)c1NC(=O)[C@@H](C)SCC(=O)Nc1ccc(F)cc1. The molecule has 0 unspecified atom stereocenters. The molecule has 0 saturated carbocycles. The van der Waals surface area contributed by atoms with E-state index in [2.05, 4.69) is 38.3 Å². The molecule has 0 spiro atoms. The van der Waals surface area contributed by atoms with E-state index < -0.39 is 5.25 Å². The molecule has 2 amide bonds. The molecule has 2 N–H and O–H groups in total. The number of hydrogen-bond acceptors (Lipinski definition) is 3. The predicted molar refractivity (Wildman–Crippen MR) is 120 cm³/mol. The van der Waals surface area contributed by atoms with Crippen LogP contribution in [0.3, 0.4) is 0 Å². The van der Waals surface area contributed by atoms with Crippen LogP contribution < -0.4 is 10.6 Å². The minimum Gasteiger partial charge on any atom is -0.325 e. The van der Waals surface area contributed by atoms with Gasteiger partial charge in [-0.15, -0.1) is 11.8 Å². The molecule has 0 fully saturated rings. The fourth-order valence-corrected chi connectivity index (χ4v) is 3.61. The number of hydrogen-bond donors (Lipinski definition) is 2. The zero-order valence-electron chi connectivity index (χ0n) is 17.6. The van der Waals surface area contributed by atoms with Gasteiger partial charge in [0.2, 0.25) is 11.8 Å². The van der Waals surface area contributed by atoms with Crippen molar-refractivity contribution in [2.75, 3.05) is 16.4 Å². The van der Waals surface area contributed by atoms with Crippen molar-refractivity contribution in [3.05, 3.63) is 59.4 Å². The topological polar surface area (TPSA) is 58.2 Å². The summed E-state index contributed by atoms with van der Waals surface area (Å²) in [5, 5.41) is 5.40. The van der Waals surface area contributed by atoms with Crippen molar-refractivity contribution in [3.8, 4) is 0 Å². The van der Waals surface area contributed by atoms with Crippen molar-refractivity contribution < 1.29 is 14.0 Å². The lowest BCUT2D eigenvalue weighted by molar-refractivity contribution is -0.115. The van der Waals surface area contributed by atoms with Crippen molar-refractivity contribution in [2.45, 2.75) is 51.7 Å². The zero-order chi connectivity index (χ0) is 21.6. The van der Waals surface area contributed by atoms with Crippen LogP contribution in [0.15, 0.2) is 42.5 Å². The van der Waals surface area contributed by atoms with E-state index >= 15 is 0 Å². The molecule has 0 heterocycles. The van der Waals surface area contributed by atoms with Crippen LogP contribution in [0.2, 0.25) is 0 Å².